The molecule has 1 aliphatic carbocycles. The van der Waals surface area contributed by atoms with Crippen molar-refractivity contribution in [3.8, 4) is 0 Å². The van der Waals surface area contributed by atoms with Gasteiger partial charge in [-0.25, -0.2) is 0 Å². The Bertz CT molecular complexity index is 778. The van der Waals surface area contributed by atoms with E-state index in [0.717, 1.165) is 12.8 Å². The lowest BCUT2D eigenvalue weighted by Crippen LogP contribution is -2.15. The van der Waals surface area contributed by atoms with E-state index in [9.17, 15) is 14.4 Å². The monoisotopic (exact) mass is 328 g/mol. The van der Waals surface area contributed by atoms with E-state index in [4.69, 9.17) is 5.11 Å². The summed E-state index contributed by atoms with van der Waals surface area (Å²) in [4.78, 5) is 34.4. The average molecular weight is 328 g/mol. The molecule has 2 aromatic rings. The Hall–Kier alpha value is -3.16. The molecule has 1 saturated carbocycles. The van der Waals surface area contributed by atoms with Gasteiger partial charge >= 0.3 is 5.97 Å². The van der Waals surface area contributed by atoms with Gasteiger partial charge in [0.25, 0.3) is 5.91 Å². The quantitative estimate of drug-likeness (QED) is 0.745. The molecule has 0 unspecified atom stereocenters. The number of hydrogen-bond acceptors (Lipinski definition) is 4. The summed E-state index contributed by atoms with van der Waals surface area (Å²) in [6, 6.07) is 8.06. The van der Waals surface area contributed by atoms with E-state index in [1.807, 2.05) is 0 Å². The molecule has 8 nitrogen and oxygen atoms in total. The van der Waals surface area contributed by atoms with E-state index in [2.05, 4.69) is 15.7 Å². The van der Waals surface area contributed by atoms with Crippen LogP contribution in [-0.2, 0) is 16.1 Å². The average Bonchev–Trinajstić information content (AvgIpc) is 3.30. The number of hydrogen-bond donors (Lipinski definition) is 3. The second kappa shape index (κ2) is 6.53. The highest BCUT2D eigenvalue weighted by Gasteiger charge is 2.29. The fourth-order valence-electron chi connectivity index (χ4n) is 2.14. The van der Waals surface area contributed by atoms with Crippen LogP contribution >= 0.6 is 0 Å². The maximum absolute atomic E-state index is 12.1. The predicted molar refractivity (Wildman–Crippen MR) is 85.6 cm³/mol. The zero-order valence-electron chi connectivity index (χ0n) is 12.7. The first-order chi connectivity index (χ1) is 11.5. The lowest BCUT2D eigenvalue weighted by atomic mass is 10.2. The maximum Gasteiger partial charge on any atom is 0.325 e. The van der Waals surface area contributed by atoms with Crippen molar-refractivity contribution in [2.75, 3.05) is 10.6 Å². The first-order valence-corrected chi connectivity index (χ1v) is 7.49. The van der Waals surface area contributed by atoms with Crippen molar-refractivity contribution >= 4 is 29.3 Å². The molecule has 1 aromatic heterocycles. The number of rotatable bonds is 6. The first-order valence-electron chi connectivity index (χ1n) is 7.49. The van der Waals surface area contributed by atoms with Crippen molar-refractivity contribution in [3.63, 3.8) is 0 Å². The third kappa shape index (κ3) is 3.97. The van der Waals surface area contributed by atoms with Crippen LogP contribution in [0.2, 0.25) is 0 Å². The van der Waals surface area contributed by atoms with Crippen LogP contribution in [0.4, 0.5) is 11.5 Å². The van der Waals surface area contributed by atoms with Gasteiger partial charge in [-0.15, -0.1) is 0 Å². The molecule has 24 heavy (non-hydrogen) atoms. The number of benzene rings is 1. The van der Waals surface area contributed by atoms with Gasteiger partial charge < -0.3 is 15.7 Å². The number of aliphatic carboxylic acids is 1. The van der Waals surface area contributed by atoms with Gasteiger partial charge in [0.1, 0.15) is 6.54 Å². The Morgan fingerprint density at radius 2 is 1.83 bits per heavy atom. The lowest BCUT2D eigenvalue weighted by molar-refractivity contribution is -0.137. The van der Waals surface area contributed by atoms with Gasteiger partial charge in [0.15, 0.2) is 5.82 Å². The largest absolute Gasteiger partial charge is 0.480 e. The minimum absolute atomic E-state index is 0.0103. The molecular weight excluding hydrogens is 312 g/mol. The van der Waals surface area contributed by atoms with Crippen LogP contribution < -0.4 is 10.6 Å². The number of carboxylic acid groups (broad SMARTS) is 1. The molecule has 124 valence electrons. The molecule has 0 radical (unpaired) electrons. The van der Waals surface area contributed by atoms with E-state index in [-0.39, 0.29) is 30.1 Å². The van der Waals surface area contributed by atoms with Crippen LogP contribution in [0.15, 0.2) is 36.5 Å². The number of carbonyl (C=O) groups is 3. The Balaban J connectivity index is 1.59. The minimum atomic E-state index is -1.01. The molecular formula is C16H16N4O4. The number of nitrogens with zero attached hydrogens (tertiary/aromatic N) is 2. The van der Waals surface area contributed by atoms with Gasteiger partial charge in [-0.2, -0.15) is 5.10 Å². The number of nitrogens with one attached hydrogen (secondary N) is 2. The molecule has 1 aliphatic rings. The number of amides is 2. The molecule has 0 atom stereocenters. The molecule has 0 aliphatic heterocycles. The van der Waals surface area contributed by atoms with Gasteiger partial charge in [0.2, 0.25) is 5.91 Å². The second-order valence-electron chi connectivity index (χ2n) is 5.59. The van der Waals surface area contributed by atoms with E-state index in [1.54, 1.807) is 24.3 Å². The maximum atomic E-state index is 12.1. The third-order valence-corrected chi connectivity index (χ3v) is 3.54. The second-order valence-corrected chi connectivity index (χ2v) is 5.59. The van der Waals surface area contributed by atoms with Crippen molar-refractivity contribution in [2.45, 2.75) is 19.4 Å². The number of carbonyl (C=O) groups excluding carboxylic acids is 2. The molecule has 1 fully saturated rings. The zero-order chi connectivity index (χ0) is 17.1. The summed E-state index contributed by atoms with van der Waals surface area (Å²) in [7, 11) is 0. The van der Waals surface area contributed by atoms with Crippen molar-refractivity contribution in [3.05, 3.63) is 42.1 Å². The third-order valence-electron chi connectivity index (χ3n) is 3.54. The van der Waals surface area contributed by atoms with Gasteiger partial charge in [-0.05, 0) is 37.1 Å². The molecule has 0 spiro atoms. The summed E-state index contributed by atoms with van der Waals surface area (Å²) >= 11 is 0. The molecule has 1 aromatic carbocycles. The van der Waals surface area contributed by atoms with Crippen LogP contribution in [-0.4, -0.2) is 32.7 Å². The fraction of sp³-hybridized carbons (Fsp3) is 0.250. The standard InChI is InChI=1S/C16H16N4O4/c21-14(22)9-20-8-7-13(19-20)18-16(24)11-3-5-12(6-4-11)17-15(23)10-1-2-10/h3-8,10H,1-2,9H2,(H,17,23)(H,21,22)(H,18,19,24). The minimum Gasteiger partial charge on any atom is -0.480 e. The van der Waals surface area contributed by atoms with E-state index >= 15 is 0 Å². The van der Waals surface area contributed by atoms with Gasteiger partial charge in [0, 0.05) is 29.4 Å². The van der Waals surface area contributed by atoms with Crippen molar-refractivity contribution in [1.82, 2.24) is 9.78 Å². The Morgan fingerprint density at radius 1 is 1.12 bits per heavy atom. The molecule has 0 saturated heterocycles. The molecule has 8 heteroatoms. The summed E-state index contributed by atoms with van der Waals surface area (Å²) < 4.78 is 1.22. The summed E-state index contributed by atoms with van der Waals surface area (Å²) in [6.07, 6.45) is 3.34. The highest BCUT2D eigenvalue weighted by molar-refractivity contribution is 6.04. The van der Waals surface area contributed by atoms with Crippen molar-refractivity contribution in [1.29, 1.82) is 0 Å². The fourth-order valence-corrected chi connectivity index (χ4v) is 2.14. The Labute approximate surface area is 137 Å². The number of aromatic nitrogens is 2. The van der Waals surface area contributed by atoms with E-state index < -0.39 is 5.97 Å². The summed E-state index contributed by atoms with van der Waals surface area (Å²) in [5, 5.41) is 18.0. The highest BCUT2D eigenvalue weighted by atomic mass is 16.4. The summed E-state index contributed by atoms with van der Waals surface area (Å²) in [5.74, 6) is -0.979. The first kappa shape index (κ1) is 15.7. The zero-order valence-corrected chi connectivity index (χ0v) is 12.7. The molecule has 3 N–H and O–H groups in total. The molecule has 1 heterocycles. The predicted octanol–water partition coefficient (Wildman–Crippen LogP) is 1.57. The SMILES string of the molecule is O=C(O)Cn1ccc(NC(=O)c2ccc(NC(=O)C3CC3)cc2)n1. The molecule has 3 rings (SSSR count). The topological polar surface area (TPSA) is 113 Å². The van der Waals surface area contributed by atoms with E-state index in [0.29, 0.717) is 11.3 Å². The highest BCUT2D eigenvalue weighted by Crippen LogP contribution is 2.30. The summed E-state index contributed by atoms with van der Waals surface area (Å²) in [5.41, 5.74) is 1.06. The molecule has 0 bridgehead atoms. The van der Waals surface area contributed by atoms with Crippen molar-refractivity contribution < 1.29 is 19.5 Å². The Kier molecular flexibility index (Phi) is 4.28. The van der Waals surface area contributed by atoms with E-state index in [1.165, 1.54) is 16.9 Å². The van der Waals surface area contributed by atoms with Crippen molar-refractivity contribution in [2.24, 2.45) is 5.92 Å². The normalized spacial score (nSPS) is 13.3. The lowest BCUT2D eigenvalue weighted by Gasteiger charge is -2.06. The van der Waals surface area contributed by atoms with Crippen LogP contribution in [0.1, 0.15) is 23.2 Å². The Morgan fingerprint density at radius 3 is 2.46 bits per heavy atom. The van der Waals surface area contributed by atoms with Crippen LogP contribution in [0.5, 0.6) is 0 Å². The van der Waals surface area contributed by atoms with Crippen LogP contribution in [0, 0.1) is 5.92 Å². The van der Waals surface area contributed by atoms with Crippen LogP contribution in [0.3, 0.4) is 0 Å². The van der Waals surface area contributed by atoms with Gasteiger partial charge in [-0.3, -0.25) is 19.1 Å². The number of anilines is 2. The van der Waals surface area contributed by atoms with Gasteiger partial charge in [0.05, 0.1) is 0 Å². The summed E-state index contributed by atoms with van der Waals surface area (Å²) in [6.45, 7) is -0.273. The van der Waals surface area contributed by atoms with Gasteiger partial charge in [-0.1, -0.05) is 0 Å². The molecule has 2 amide bonds. The smallest absolute Gasteiger partial charge is 0.325 e. The number of carboxylic acids is 1. The van der Waals surface area contributed by atoms with Crippen LogP contribution in [0.25, 0.3) is 0 Å².